The van der Waals surface area contributed by atoms with Gasteiger partial charge in [0.05, 0.1) is 0 Å². The predicted molar refractivity (Wildman–Crippen MR) is 48.9 cm³/mol. The number of carbonyl (C=O) groups is 2. The molecule has 0 rings (SSSR count). The molecule has 0 saturated carbocycles. The van der Waals surface area contributed by atoms with E-state index in [2.05, 4.69) is 6.58 Å². The Bertz CT molecular complexity index is 182. The van der Waals surface area contributed by atoms with Gasteiger partial charge in [0, 0.05) is 12.8 Å². The van der Waals surface area contributed by atoms with Gasteiger partial charge >= 0.3 is 0 Å². The maximum Gasteiger partial charge on any atom is 0.129 e. The van der Waals surface area contributed by atoms with Crippen LogP contribution in [0.1, 0.15) is 33.1 Å². The van der Waals surface area contributed by atoms with Gasteiger partial charge in [0.2, 0.25) is 0 Å². The highest BCUT2D eigenvalue weighted by Gasteiger charge is 2.09. The SMILES string of the molecule is C=C(C)C(CC=O)CCC(C)=O. The van der Waals surface area contributed by atoms with Crippen LogP contribution in [0.2, 0.25) is 0 Å². The zero-order chi connectivity index (χ0) is 9.56. The highest BCUT2D eigenvalue weighted by molar-refractivity contribution is 5.75. The fourth-order valence-corrected chi connectivity index (χ4v) is 1.06. The molecular weight excluding hydrogens is 152 g/mol. The van der Waals surface area contributed by atoms with Gasteiger partial charge < -0.3 is 9.59 Å². The van der Waals surface area contributed by atoms with Gasteiger partial charge in [0.15, 0.2) is 0 Å². The maximum atomic E-state index is 10.7. The van der Waals surface area contributed by atoms with Crippen LogP contribution in [-0.4, -0.2) is 12.1 Å². The van der Waals surface area contributed by atoms with Gasteiger partial charge in [-0.1, -0.05) is 12.2 Å². The molecular formula is C10H16O2. The molecule has 0 aliphatic carbocycles. The molecule has 0 spiro atoms. The van der Waals surface area contributed by atoms with E-state index >= 15 is 0 Å². The van der Waals surface area contributed by atoms with Gasteiger partial charge in [-0.15, -0.1) is 0 Å². The summed E-state index contributed by atoms with van der Waals surface area (Å²) in [6, 6.07) is 0. The Hall–Kier alpha value is -0.920. The van der Waals surface area contributed by atoms with Crippen molar-refractivity contribution in [1.82, 2.24) is 0 Å². The number of carbonyl (C=O) groups excluding carboxylic acids is 2. The van der Waals surface area contributed by atoms with Gasteiger partial charge in [-0.05, 0) is 26.2 Å². The first-order valence-corrected chi connectivity index (χ1v) is 4.16. The molecule has 0 saturated heterocycles. The van der Waals surface area contributed by atoms with Crippen LogP contribution in [0.5, 0.6) is 0 Å². The normalized spacial score (nSPS) is 12.2. The molecule has 1 unspecified atom stereocenters. The average Bonchev–Trinajstić information content (AvgIpc) is 1.96. The Morgan fingerprint density at radius 2 is 2.08 bits per heavy atom. The minimum absolute atomic E-state index is 0.173. The molecule has 0 radical (unpaired) electrons. The lowest BCUT2D eigenvalue weighted by molar-refractivity contribution is -0.117. The second-order valence-electron chi connectivity index (χ2n) is 3.19. The molecule has 0 aromatic rings. The first-order valence-electron chi connectivity index (χ1n) is 4.16. The fraction of sp³-hybridized carbons (Fsp3) is 0.600. The van der Waals surface area contributed by atoms with Gasteiger partial charge in [-0.25, -0.2) is 0 Å². The van der Waals surface area contributed by atoms with Crippen LogP contribution in [0.25, 0.3) is 0 Å². The number of rotatable bonds is 6. The van der Waals surface area contributed by atoms with E-state index in [0.717, 1.165) is 18.3 Å². The summed E-state index contributed by atoms with van der Waals surface area (Å²) >= 11 is 0. The van der Waals surface area contributed by atoms with Gasteiger partial charge in [0.25, 0.3) is 0 Å². The number of hydrogen-bond acceptors (Lipinski definition) is 2. The van der Waals surface area contributed by atoms with Gasteiger partial charge in [-0.2, -0.15) is 0 Å². The van der Waals surface area contributed by atoms with Crippen molar-refractivity contribution in [2.45, 2.75) is 33.1 Å². The maximum absolute atomic E-state index is 10.7. The summed E-state index contributed by atoms with van der Waals surface area (Å²) in [6.45, 7) is 7.24. The smallest absolute Gasteiger partial charge is 0.129 e. The van der Waals surface area contributed by atoms with Crippen LogP contribution in [0.15, 0.2) is 12.2 Å². The van der Waals surface area contributed by atoms with E-state index in [1.54, 1.807) is 6.92 Å². The summed E-state index contributed by atoms with van der Waals surface area (Å²) in [6.07, 6.45) is 2.68. The van der Waals surface area contributed by atoms with Crippen LogP contribution in [-0.2, 0) is 9.59 Å². The quantitative estimate of drug-likeness (QED) is 0.450. The number of aldehydes is 1. The van der Waals surface area contributed by atoms with Crippen molar-refractivity contribution in [2.75, 3.05) is 0 Å². The first kappa shape index (κ1) is 11.1. The van der Waals surface area contributed by atoms with Crippen LogP contribution in [0.4, 0.5) is 0 Å². The molecule has 0 aromatic heterocycles. The summed E-state index contributed by atoms with van der Waals surface area (Å²) in [5.74, 6) is 0.360. The Kier molecular flexibility index (Phi) is 5.26. The van der Waals surface area contributed by atoms with Crippen molar-refractivity contribution >= 4 is 12.1 Å². The largest absolute Gasteiger partial charge is 0.303 e. The standard InChI is InChI=1S/C10H16O2/c1-8(2)10(6-7-11)5-4-9(3)12/h7,10H,1,4-6H2,2-3H3. The summed E-state index contributed by atoms with van der Waals surface area (Å²) in [5, 5.41) is 0. The van der Waals surface area contributed by atoms with Crippen molar-refractivity contribution in [2.24, 2.45) is 5.92 Å². The third kappa shape index (κ3) is 4.83. The third-order valence-electron chi connectivity index (χ3n) is 1.92. The first-order chi connectivity index (χ1) is 5.57. The monoisotopic (exact) mass is 168 g/mol. The fourth-order valence-electron chi connectivity index (χ4n) is 1.06. The molecule has 0 fully saturated rings. The van der Waals surface area contributed by atoms with Gasteiger partial charge in [0.1, 0.15) is 12.1 Å². The van der Waals surface area contributed by atoms with Crippen molar-refractivity contribution in [3.05, 3.63) is 12.2 Å². The molecule has 2 nitrogen and oxygen atoms in total. The summed E-state index contributed by atoms with van der Waals surface area (Å²) in [5.41, 5.74) is 0.989. The van der Waals surface area contributed by atoms with Crippen molar-refractivity contribution in [3.63, 3.8) is 0 Å². The summed E-state index contributed by atoms with van der Waals surface area (Å²) in [7, 11) is 0. The molecule has 0 N–H and O–H groups in total. The zero-order valence-corrected chi connectivity index (χ0v) is 7.80. The van der Waals surface area contributed by atoms with Gasteiger partial charge in [-0.3, -0.25) is 0 Å². The molecule has 0 heterocycles. The Labute approximate surface area is 73.7 Å². The molecule has 0 bridgehead atoms. The number of allylic oxidation sites excluding steroid dienone is 1. The van der Waals surface area contributed by atoms with E-state index in [0.29, 0.717) is 12.8 Å². The lowest BCUT2D eigenvalue weighted by Gasteiger charge is -2.12. The molecule has 0 amide bonds. The lowest BCUT2D eigenvalue weighted by atomic mass is 9.93. The van der Waals surface area contributed by atoms with Crippen LogP contribution < -0.4 is 0 Å². The predicted octanol–water partition coefficient (Wildman–Crippen LogP) is 2.14. The van der Waals surface area contributed by atoms with E-state index in [-0.39, 0.29) is 11.7 Å². The van der Waals surface area contributed by atoms with E-state index in [1.165, 1.54) is 0 Å². The topological polar surface area (TPSA) is 34.1 Å². The van der Waals surface area contributed by atoms with E-state index in [9.17, 15) is 9.59 Å². The highest BCUT2D eigenvalue weighted by atomic mass is 16.1. The Morgan fingerprint density at radius 1 is 1.50 bits per heavy atom. The summed E-state index contributed by atoms with van der Waals surface area (Å²) < 4.78 is 0. The molecule has 0 aliphatic rings. The molecule has 0 aliphatic heterocycles. The Morgan fingerprint density at radius 3 is 2.42 bits per heavy atom. The van der Waals surface area contributed by atoms with Crippen LogP contribution >= 0.6 is 0 Å². The second-order valence-corrected chi connectivity index (χ2v) is 3.19. The molecule has 1 atom stereocenters. The molecule has 12 heavy (non-hydrogen) atoms. The second kappa shape index (κ2) is 5.70. The minimum Gasteiger partial charge on any atom is -0.303 e. The molecule has 68 valence electrons. The highest BCUT2D eigenvalue weighted by Crippen LogP contribution is 2.17. The van der Waals surface area contributed by atoms with Crippen molar-refractivity contribution in [3.8, 4) is 0 Å². The number of Topliss-reactive ketones (excluding diaryl/α,β-unsaturated/α-hetero) is 1. The lowest BCUT2D eigenvalue weighted by Crippen LogP contribution is -2.04. The number of ketones is 1. The summed E-state index contributed by atoms with van der Waals surface area (Å²) in [4.78, 5) is 20.9. The van der Waals surface area contributed by atoms with Crippen LogP contribution in [0.3, 0.4) is 0 Å². The van der Waals surface area contributed by atoms with Crippen molar-refractivity contribution < 1.29 is 9.59 Å². The molecule has 0 aromatic carbocycles. The number of hydrogen-bond donors (Lipinski definition) is 0. The van der Waals surface area contributed by atoms with E-state index in [4.69, 9.17) is 0 Å². The van der Waals surface area contributed by atoms with E-state index < -0.39 is 0 Å². The zero-order valence-electron chi connectivity index (χ0n) is 7.80. The van der Waals surface area contributed by atoms with Crippen LogP contribution in [0, 0.1) is 5.92 Å². The molecule has 2 heteroatoms. The average molecular weight is 168 g/mol. The minimum atomic E-state index is 0.173. The van der Waals surface area contributed by atoms with E-state index in [1.807, 2.05) is 6.92 Å². The Balaban J connectivity index is 3.86. The third-order valence-corrected chi connectivity index (χ3v) is 1.92. The van der Waals surface area contributed by atoms with Crippen molar-refractivity contribution in [1.29, 1.82) is 0 Å².